The van der Waals surface area contributed by atoms with Gasteiger partial charge in [-0.3, -0.25) is 0 Å². The summed E-state index contributed by atoms with van der Waals surface area (Å²) in [4.78, 5) is 0.172. The van der Waals surface area contributed by atoms with Crippen molar-refractivity contribution in [2.24, 2.45) is 5.92 Å². The quantitative estimate of drug-likeness (QED) is 0.838. The highest BCUT2D eigenvalue weighted by atomic mass is 32.2. The fourth-order valence-electron chi connectivity index (χ4n) is 2.26. The van der Waals surface area contributed by atoms with Gasteiger partial charge in [-0.15, -0.1) is 0 Å². The van der Waals surface area contributed by atoms with Crippen LogP contribution in [0.2, 0.25) is 0 Å². The number of hydrogen-bond donors (Lipinski definition) is 2. The van der Waals surface area contributed by atoms with Gasteiger partial charge in [-0.1, -0.05) is 5.16 Å². The molecule has 1 aromatic heterocycles. The molecule has 2 N–H and O–H groups in total. The molecule has 1 aliphatic rings. The molecule has 0 aliphatic carbocycles. The number of aryl methyl sites for hydroxylation is 2. The zero-order valence-electron chi connectivity index (χ0n) is 10.7. The van der Waals surface area contributed by atoms with E-state index in [1.165, 1.54) is 0 Å². The molecule has 0 radical (unpaired) electrons. The minimum Gasteiger partial charge on any atom is -0.360 e. The third-order valence-electron chi connectivity index (χ3n) is 3.20. The van der Waals surface area contributed by atoms with Gasteiger partial charge in [-0.25, -0.2) is 13.1 Å². The van der Waals surface area contributed by atoms with E-state index in [4.69, 9.17) is 4.52 Å². The zero-order valence-corrected chi connectivity index (χ0v) is 11.5. The van der Waals surface area contributed by atoms with Crippen LogP contribution < -0.4 is 10.0 Å². The molecule has 1 aliphatic heterocycles. The molecule has 6 nitrogen and oxygen atoms in total. The molecule has 0 spiro atoms. The van der Waals surface area contributed by atoms with Crippen molar-refractivity contribution < 1.29 is 12.9 Å². The molecule has 18 heavy (non-hydrogen) atoms. The number of piperidine rings is 1. The van der Waals surface area contributed by atoms with E-state index < -0.39 is 10.0 Å². The number of nitrogens with one attached hydrogen (secondary N) is 2. The molecule has 1 saturated heterocycles. The van der Waals surface area contributed by atoms with Crippen LogP contribution in [-0.2, 0) is 10.0 Å². The highest BCUT2D eigenvalue weighted by molar-refractivity contribution is 7.89. The maximum absolute atomic E-state index is 12.1. The van der Waals surface area contributed by atoms with Crippen molar-refractivity contribution in [3.05, 3.63) is 11.5 Å². The first-order valence-electron chi connectivity index (χ1n) is 6.14. The predicted molar refractivity (Wildman–Crippen MR) is 66.8 cm³/mol. The molecular formula is C11H19N3O3S. The molecule has 0 amide bonds. The fourth-order valence-corrected chi connectivity index (χ4v) is 3.70. The SMILES string of the molecule is Cc1noc(C)c1S(=O)(=O)NCC1CCCNC1. The van der Waals surface area contributed by atoms with Crippen molar-refractivity contribution in [2.45, 2.75) is 31.6 Å². The third-order valence-corrected chi connectivity index (χ3v) is 4.86. The molecule has 1 aromatic rings. The number of rotatable bonds is 4. The molecule has 0 saturated carbocycles. The normalized spacial score (nSPS) is 21.1. The lowest BCUT2D eigenvalue weighted by molar-refractivity contribution is 0.375. The maximum Gasteiger partial charge on any atom is 0.245 e. The molecule has 0 bridgehead atoms. The second kappa shape index (κ2) is 5.38. The monoisotopic (exact) mass is 273 g/mol. The third kappa shape index (κ3) is 2.90. The Morgan fingerprint density at radius 1 is 1.50 bits per heavy atom. The van der Waals surface area contributed by atoms with Crippen molar-refractivity contribution in [1.82, 2.24) is 15.2 Å². The van der Waals surface area contributed by atoms with Gasteiger partial charge in [-0.05, 0) is 45.7 Å². The molecule has 7 heteroatoms. The van der Waals surface area contributed by atoms with Crippen molar-refractivity contribution in [3.63, 3.8) is 0 Å². The van der Waals surface area contributed by atoms with Gasteiger partial charge >= 0.3 is 0 Å². The summed E-state index contributed by atoms with van der Waals surface area (Å²) in [5.41, 5.74) is 0.404. The first kappa shape index (κ1) is 13.5. The maximum atomic E-state index is 12.1. The fraction of sp³-hybridized carbons (Fsp3) is 0.727. The highest BCUT2D eigenvalue weighted by Crippen LogP contribution is 2.19. The van der Waals surface area contributed by atoms with Gasteiger partial charge in [0.15, 0.2) is 5.76 Å². The Kier molecular flexibility index (Phi) is 4.04. The van der Waals surface area contributed by atoms with Gasteiger partial charge in [0.25, 0.3) is 0 Å². The molecule has 1 fully saturated rings. The van der Waals surface area contributed by atoms with Crippen molar-refractivity contribution >= 4 is 10.0 Å². The predicted octanol–water partition coefficient (Wildman–Crippen LogP) is 0.569. The van der Waals surface area contributed by atoms with Crippen LogP contribution in [0.4, 0.5) is 0 Å². The lowest BCUT2D eigenvalue weighted by Gasteiger charge is -2.22. The van der Waals surface area contributed by atoms with E-state index in [9.17, 15) is 8.42 Å². The van der Waals surface area contributed by atoms with E-state index in [1.807, 2.05) is 0 Å². The van der Waals surface area contributed by atoms with Crippen LogP contribution in [0.1, 0.15) is 24.3 Å². The van der Waals surface area contributed by atoms with Crippen LogP contribution in [-0.4, -0.2) is 33.2 Å². The average Bonchev–Trinajstić information content (AvgIpc) is 2.69. The van der Waals surface area contributed by atoms with E-state index in [0.29, 0.717) is 23.9 Å². The molecule has 1 atom stereocenters. The van der Waals surface area contributed by atoms with E-state index in [2.05, 4.69) is 15.2 Å². The lowest BCUT2D eigenvalue weighted by atomic mass is 10.0. The highest BCUT2D eigenvalue weighted by Gasteiger charge is 2.25. The summed E-state index contributed by atoms with van der Waals surface area (Å²) in [6.07, 6.45) is 2.15. The standard InChI is InChI=1S/C11H19N3O3S/c1-8-11(9(2)17-14-8)18(15,16)13-7-10-4-3-5-12-6-10/h10,12-13H,3-7H2,1-2H3. The van der Waals surface area contributed by atoms with Crippen molar-refractivity contribution in [1.29, 1.82) is 0 Å². The lowest BCUT2D eigenvalue weighted by Crippen LogP contribution is -2.38. The minimum atomic E-state index is -3.51. The van der Waals surface area contributed by atoms with Crippen LogP contribution in [0.5, 0.6) is 0 Å². The Balaban J connectivity index is 2.03. The Morgan fingerprint density at radius 3 is 2.83 bits per heavy atom. The first-order chi connectivity index (χ1) is 8.50. The van der Waals surface area contributed by atoms with Crippen LogP contribution in [0.3, 0.4) is 0 Å². The second-order valence-electron chi connectivity index (χ2n) is 4.72. The summed E-state index contributed by atoms with van der Waals surface area (Å²) < 4.78 is 31.8. The van der Waals surface area contributed by atoms with Crippen molar-refractivity contribution in [2.75, 3.05) is 19.6 Å². The Morgan fingerprint density at radius 2 is 2.28 bits per heavy atom. The van der Waals surface area contributed by atoms with Crippen LogP contribution >= 0.6 is 0 Å². The Labute approximate surface area is 107 Å². The van der Waals surface area contributed by atoms with Crippen molar-refractivity contribution in [3.8, 4) is 0 Å². The summed E-state index contributed by atoms with van der Waals surface area (Å²) in [5.74, 6) is 0.691. The van der Waals surface area contributed by atoms with Crippen LogP contribution in [0.15, 0.2) is 9.42 Å². The Bertz CT molecular complexity index is 484. The smallest absolute Gasteiger partial charge is 0.245 e. The van der Waals surface area contributed by atoms with E-state index in [1.54, 1.807) is 13.8 Å². The molecule has 1 unspecified atom stereocenters. The molecule has 2 heterocycles. The van der Waals surface area contributed by atoms with Crippen LogP contribution in [0.25, 0.3) is 0 Å². The van der Waals surface area contributed by atoms with Gasteiger partial charge in [0, 0.05) is 6.54 Å². The summed E-state index contributed by atoms with van der Waals surface area (Å²) in [5, 5.41) is 6.93. The van der Waals surface area contributed by atoms with Crippen LogP contribution in [0, 0.1) is 19.8 Å². The van der Waals surface area contributed by atoms with E-state index >= 15 is 0 Å². The second-order valence-corrected chi connectivity index (χ2v) is 6.42. The average molecular weight is 273 g/mol. The number of aromatic nitrogens is 1. The number of nitrogens with zero attached hydrogens (tertiary/aromatic N) is 1. The van der Waals surface area contributed by atoms with Gasteiger partial charge in [-0.2, -0.15) is 0 Å². The van der Waals surface area contributed by atoms with Gasteiger partial charge < -0.3 is 9.84 Å². The van der Waals surface area contributed by atoms with E-state index in [0.717, 1.165) is 25.9 Å². The number of sulfonamides is 1. The summed E-state index contributed by atoms with van der Waals surface area (Å²) in [6, 6.07) is 0. The molecule has 0 aromatic carbocycles. The topological polar surface area (TPSA) is 84.2 Å². The minimum absolute atomic E-state index is 0.172. The summed E-state index contributed by atoms with van der Waals surface area (Å²) in [6.45, 7) is 5.58. The van der Waals surface area contributed by atoms with Gasteiger partial charge in [0.05, 0.1) is 0 Å². The summed E-state index contributed by atoms with van der Waals surface area (Å²) in [7, 11) is -3.51. The Hall–Kier alpha value is -0.920. The summed E-state index contributed by atoms with van der Waals surface area (Å²) >= 11 is 0. The van der Waals surface area contributed by atoms with Gasteiger partial charge in [0.1, 0.15) is 10.6 Å². The zero-order chi connectivity index (χ0) is 13.2. The largest absolute Gasteiger partial charge is 0.360 e. The molecule has 102 valence electrons. The molecular weight excluding hydrogens is 254 g/mol. The van der Waals surface area contributed by atoms with E-state index in [-0.39, 0.29) is 4.90 Å². The number of hydrogen-bond acceptors (Lipinski definition) is 5. The first-order valence-corrected chi connectivity index (χ1v) is 7.62. The molecule has 2 rings (SSSR count). The van der Waals surface area contributed by atoms with Gasteiger partial charge in [0.2, 0.25) is 10.0 Å².